The minimum atomic E-state index is 0.747. The van der Waals surface area contributed by atoms with Gasteiger partial charge in [-0.15, -0.1) is 0 Å². The van der Waals surface area contributed by atoms with E-state index in [0.29, 0.717) is 0 Å². The molecule has 1 heterocycles. The molecule has 0 amide bonds. The third-order valence-electron chi connectivity index (χ3n) is 4.72. The lowest BCUT2D eigenvalue weighted by molar-refractivity contribution is 0.298. The molecule has 0 aromatic carbocycles. The summed E-state index contributed by atoms with van der Waals surface area (Å²) in [6.07, 6.45) is 10.2. The molecule has 0 aliphatic heterocycles. The molecule has 114 valence electrons. The van der Waals surface area contributed by atoms with Crippen LogP contribution in [0.1, 0.15) is 51.6 Å². The molecular weight excluding hydrogens is 246 g/mol. The van der Waals surface area contributed by atoms with Crippen LogP contribution in [0.5, 0.6) is 0 Å². The van der Waals surface area contributed by atoms with Gasteiger partial charge in [0.15, 0.2) is 0 Å². The molecule has 1 fully saturated rings. The standard InChI is InChI=1S/C17H31N3/c1-14(2)12-18-13-16(15-6-4-5-7-15)8-9-17-10-11-19-20(17)3/h10-11,14-16,18H,4-9,12-13H2,1-3H3. The normalized spacial score (nSPS) is 18.0. The summed E-state index contributed by atoms with van der Waals surface area (Å²) in [5.41, 5.74) is 1.37. The Morgan fingerprint density at radius 1 is 1.30 bits per heavy atom. The zero-order chi connectivity index (χ0) is 14.4. The number of nitrogens with one attached hydrogen (secondary N) is 1. The van der Waals surface area contributed by atoms with Crippen LogP contribution >= 0.6 is 0 Å². The largest absolute Gasteiger partial charge is 0.316 e. The molecule has 1 N–H and O–H groups in total. The molecule has 2 rings (SSSR count). The van der Waals surface area contributed by atoms with Gasteiger partial charge >= 0.3 is 0 Å². The summed E-state index contributed by atoms with van der Waals surface area (Å²) in [5.74, 6) is 2.53. The van der Waals surface area contributed by atoms with Gasteiger partial charge in [-0.1, -0.05) is 39.5 Å². The number of nitrogens with zero attached hydrogens (tertiary/aromatic N) is 2. The average Bonchev–Trinajstić information content (AvgIpc) is 3.05. The van der Waals surface area contributed by atoms with Crippen LogP contribution < -0.4 is 5.32 Å². The number of hydrogen-bond acceptors (Lipinski definition) is 2. The Balaban J connectivity index is 1.83. The van der Waals surface area contributed by atoms with Crippen molar-refractivity contribution in [3.8, 4) is 0 Å². The van der Waals surface area contributed by atoms with Gasteiger partial charge in [0.25, 0.3) is 0 Å². The van der Waals surface area contributed by atoms with E-state index in [1.54, 1.807) is 0 Å². The maximum absolute atomic E-state index is 4.28. The van der Waals surface area contributed by atoms with Gasteiger partial charge in [0.1, 0.15) is 0 Å². The molecular formula is C17H31N3. The van der Waals surface area contributed by atoms with E-state index in [4.69, 9.17) is 0 Å². The molecule has 0 spiro atoms. The van der Waals surface area contributed by atoms with Crippen LogP contribution in [0.15, 0.2) is 12.3 Å². The van der Waals surface area contributed by atoms with Crippen LogP contribution in [0.25, 0.3) is 0 Å². The zero-order valence-electron chi connectivity index (χ0n) is 13.4. The van der Waals surface area contributed by atoms with E-state index in [1.807, 2.05) is 10.9 Å². The second kappa shape index (κ2) is 7.82. The fraction of sp³-hybridized carbons (Fsp3) is 0.824. The Morgan fingerprint density at radius 2 is 2.05 bits per heavy atom. The molecule has 1 aliphatic carbocycles. The van der Waals surface area contributed by atoms with E-state index >= 15 is 0 Å². The first-order chi connectivity index (χ1) is 9.66. The third-order valence-corrected chi connectivity index (χ3v) is 4.72. The van der Waals surface area contributed by atoms with Crippen molar-refractivity contribution < 1.29 is 0 Å². The van der Waals surface area contributed by atoms with Crippen LogP contribution in [-0.2, 0) is 13.5 Å². The van der Waals surface area contributed by atoms with Crippen molar-refractivity contribution in [2.24, 2.45) is 24.8 Å². The second-order valence-electron chi connectivity index (χ2n) is 6.84. The first kappa shape index (κ1) is 15.6. The highest BCUT2D eigenvalue weighted by Crippen LogP contribution is 2.33. The number of aryl methyl sites for hydroxylation is 2. The van der Waals surface area contributed by atoms with Gasteiger partial charge < -0.3 is 5.32 Å². The average molecular weight is 277 g/mol. The lowest BCUT2D eigenvalue weighted by atomic mass is 9.86. The van der Waals surface area contributed by atoms with Crippen LogP contribution in [0, 0.1) is 17.8 Å². The molecule has 3 nitrogen and oxygen atoms in total. The number of hydrogen-bond donors (Lipinski definition) is 1. The van der Waals surface area contributed by atoms with Gasteiger partial charge in [-0.25, -0.2) is 0 Å². The molecule has 1 saturated carbocycles. The Bertz CT molecular complexity index is 377. The van der Waals surface area contributed by atoms with Crippen molar-refractivity contribution in [2.75, 3.05) is 13.1 Å². The molecule has 1 aliphatic rings. The topological polar surface area (TPSA) is 29.9 Å². The highest BCUT2D eigenvalue weighted by atomic mass is 15.2. The summed E-state index contributed by atoms with van der Waals surface area (Å²) in [5, 5.41) is 7.96. The second-order valence-corrected chi connectivity index (χ2v) is 6.84. The third kappa shape index (κ3) is 4.62. The van der Waals surface area contributed by atoms with Gasteiger partial charge in [-0.05, 0) is 49.8 Å². The van der Waals surface area contributed by atoms with Gasteiger partial charge in [0.2, 0.25) is 0 Å². The minimum Gasteiger partial charge on any atom is -0.316 e. The Kier molecular flexibility index (Phi) is 6.08. The van der Waals surface area contributed by atoms with Crippen LogP contribution in [-0.4, -0.2) is 22.9 Å². The van der Waals surface area contributed by atoms with Crippen molar-refractivity contribution >= 4 is 0 Å². The Hall–Kier alpha value is -0.830. The summed E-state index contributed by atoms with van der Waals surface area (Å²) < 4.78 is 2.02. The van der Waals surface area contributed by atoms with Gasteiger partial charge in [-0.2, -0.15) is 5.10 Å². The van der Waals surface area contributed by atoms with E-state index in [0.717, 1.165) is 24.3 Å². The molecule has 3 heteroatoms. The quantitative estimate of drug-likeness (QED) is 0.789. The van der Waals surface area contributed by atoms with Crippen molar-refractivity contribution in [1.82, 2.24) is 15.1 Å². The molecule has 1 atom stereocenters. The molecule has 0 saturated heterocycles. The molecule has 1 unspecified atom stereocenters. The first-order valence-electron chi connectivity index (χ1n) is 8.34. The fourth-order valence-corrected chi connectivity index (χ4v) is 3.47. The molecule has 0 bridgehead atoms. The van der Waals surface area contributed by atoms with Crippen molar-refractivity contribution in [2.45, 2.75) is 52.4 Å². The van der Waals surface area contributed by atoms with Crippen LogP contribution in [0.4, 0.5) is 0 Å². The van der Waals surface area contributed by atoms with Gasteiger partial charge in [0.05, 0.1) is 0 Å². The first-order valence-corrected chi connectivity index (χ1v) is 8.34. The smallest absolute Gasteiger partial charge is 0.0492 e. The predicted octanol–water partition coefficient (Wildman–Crippen LogP) is 3.40. The Morgan fingerprint density at radius 3 is 2.65 bits per heavy atom. The maximum Gasteiger partial charge on any atom is 0.0492 e. The van der Waals surface area contributed by atoms with E-state index in [-0.39, 0.29) is 0 Å². The molecule has 20 heavy (non-hydrogen) atoms. The SMILES string of the molecule is CC(C)CNCC(CCc1ccnn1C)C1CCCC1. The zero-order valence-corrected chi connectivity index (χ0v) is 13.4. The van der Waals surface area contributed by atoms with Crippen LogP contribution in [0.2, 0.25) is 0 Å². The summed E-state index contributed by atoms with van der Waals surface area (Å²) >= 11 is 0. The Labute approximate surface area is 124 Å². The van der Waals surface area contributed by atoms with E-state index < -0.39 is 0 Å². The fourth-order valence-electron chi connectivity index (χ4n) is 3.47. The monoisotopic (exact) mass is 277 g/mol. The highest BCUT2D eigenvalue weighted by molar-refractivity contribution is 5.00. The van der Waals surface area contributed by atoms with Gasteiger partial charge in [-0.3, -0.25) is 4.68 Å². The summed E-state index contributed by atoms with van der Waals surface area (Å²) in [7, 11) is 2.05. The summed E-state index contributed by atoms with van der Waals surface area (Å²) in [4.78, 5) is 0. The lowest BCUT2D eigenvalue weighted by Crippen LogP contribution is -2.30. The van der Waals surface area contributed by atoms with E-state index in [9.17, 15) is 0 Å². The van der Waals surface area contributed by atoms with Crippen molar-refractivity contribution in [1.29, 1.82) is 0 Å². The molecule has 0 radical (unpaired) electrons. The molecule has 1 aromatic rings. The minimum absolute atomic E-state index is 0.747. The summed E-state index contributed by atoms with van der Waals surface area (Å²) in [6.45, 7) is 6.91. The van der Waals surface area contributed by atoms with E-state index in [1.165, 1.54) is 50.8 Å². The summed E-state index contributed by atoms with van der Waals surface area (Å²) in [6, 6.07) is 2.16. The van der Waals surface area contributed by atoms with Crippen LogP contribution in [0.3, 0.4) is 0 Å². The van der Waals surface area contributed by atoms with Crippen molar-refractivity contribution in [3.63, 3.8) is 0 Å². The predicted molar refractivity (Wildman–Crippen MR) is 84.7 cm³/mol. The highest BCUT2D eigenvalue weighted by Gasteiger charge is 2.24. The molecule has 1 aromatic heterocycles. The van der Waals surface area contributed by atoms with Gasteiger partial charge in [0, 0.05) is 18.9 Å². The number of aromatic nitrogens is 2. The number of rotatable bonds is 8. The maximum atomic E-state index is 4.28. The van der Waals surface area contributed by atoms with Crippen molar-refractivity contribution in [3.05, 3.63) is 18.0 Å². The lowest BCUT2D eigenvalue weighted by Gasteiger charge is -2.24. The van der Waals surface area contributed by atoms with E-state index in [2.05, 4.69) is 37.4 Å².